The molecule has 0 atom stereocenters. The Kier molecular flexibility index (Phi) is 8.68. The predicted octanol–water partition coefficient (Wildman–Crippen LogP) is 16.9. The van der Waals surface area contributed by atoms with Crippen LogP contribution in [0.5, 0.6) is 0 Å². The first-order chi connectivity index (χ1) is 30.7. The zero-order valence-electron chi connectivity index (χ0n) is 33.8. The molecule has 0 aliphatic rings. The molecule has 0 aliphatic heterocycles. The quantitative estimate of drug-likeness (QED) is 0.151. The Bertz CT molecular complexity index is 3590. The summed E-state index contributed by atoms with van der Waals surface area (Å²) in [6, 6.07) is 86.1. The molecule has 0 radical (unpaired) electrons. The van der Waals surface area contributed by atoms with Gasteiger partial charge in [-0.1, -0.05) is 133 Å². The summed E-state index contributed by atoms with van der Waals surface area (Å²) in [7, 11) is 0. The van der Waals surface area contributed by atoms with E-state index in [4.69, 9.17) is 0 Å². The fourth-order valence-electron chi connectivity index (χ4n) is 9.31. The van der Waals surface area contributed by atoms with Crippen molar-refractivity contribution in [2.75, 3.05) is 9.80 Å². The number of para-hydroxylation sites is 4. The lowest BCUT2D eigenvalue weighted by molar-refractivity contribution is 1.18. The second kappa shape index (κ2) is 15.0. The third-order valence-electron chi connectivity index (χ3n) is 12.1. The summed E-state index contributed by atoms with van der Waals surface area (Å²) in [4.78, 5) is 4.85. The molecule has 0 aliphatic carbocycles. The summed E-state index contributed by atoms with van der Waals surface area (Å²) in [6.45, 7) is 0. The lowest BCUT2D eigenvalue weighted by atomic mass is 9.99. The van der Waals surface area contributed by atoms with Crippen molar-refractivity contribution in [2.24, 2.45) is 0 Å². The highest BCUT2D eigenvalue weighted by Crippen LogP contribution is 2.47. The molecule has 0 spiro atoms. The van der Waals surface area contributed by atoms with E-state index >= 15 is 0 Å². The standard InChI is InChI=1S/C58H39N3S/c1-4-19-43(20-5-1)59(46-32-34-58-53(39-46)51-27-13-15-30-57(51)62-58)47-35-42(41-31-33-56-52(37-41)50-26-12-14-28-55(50)61(56)45-23-8-3-9-24-45)36-48(38-47)60(44-21-6-2-7-22-44)54-29-16-18-40-17-10-11-25-49(40)54/h1-39H. The lowest BCUT2D eigenvalue weighted by Crippen LogP contribution is -2.14. The Morgan fingerprint density at radius 3 is 1.69 bits per heavy atom. The first-order valence-corrected chi connectivity index (χ1v) is 21.9. The van der Waals surface area contributed by atoms with Crippen LogP contribution in [0.1, 0.15) is 0 Å². The van der Waals surface area contributed by atoms with Gasteiger partial charge in [0.1, 0.15) is 0 Å². The normalized spacial score (nSPS) is 11.5. The van der Waals surface area contributed by atoms with Gasteiger partial charge in [-0.25, -0.2) is 0 Å². The van der Waals surface area contributed by atoms with Crippen LogP contribution < -0.4 is 9.80 Å². The smallest absolute Gasteiger partial charge is 0.0541 e. The highest BCUT2D eigenvalue weighted by Gasteiger charge is 2.22. The second-order valence-corrected chi connectivity index (χ2v) is 16.9. The van der Waals surface area contributed by atoms with Crippen molar-refractivity contribution < 1.29 is 0 Å². The number of anilines is 6. The van der Waals surface area contributed by atoms with Crippen LogP contribution in [-0.2, 0) is 0 Å². The van der Waals surface area contributed by atoms with Crippen LogP contribution in [0.2, 0.25) is 0 Å². The molecule has 10 aromatic carbocycles. The fraction of sp³-hybridized carbons (Fsp3) is 0. The van der Waals surface area contributed by atoms with Crippen LogP contribution in [0.15, 0.2) is 237 Å². The summed E-state index contributed by atoms with van der Waals surface area (Å²) in [5.41, 5.74) is 12.3. The monoisotopic (exact) mass is 809 g/mol. The summed E-state index contributed by atoms with van der Waals surface area (Å²) >= 11 is 1.85. The number of aromatic nitrogens is 1. The molecular formula is C58H39N3S. The molecule has 12 rings (SSSR count). The molecular weight excluding hydrogens is 771 g/mol. The van der Waals surface area contributed by atoms with Gasteiger partial charge < -0.3 is 14.4 Å². The van der Waals surface area contributed by atoms with Crippen LogP contribution in [-0.4, -0.2) is 4.57 Å². The number of nitrogens with zero attached hydrogens (tertiary/aromatic N) is 3. The molecule has 0 bridgehead atoms. The molecule has 292 valence electrons. The molecule has 3 nitrogen and oxygen atoms in total. The largest absolute Gasteiger partial charge is 0.310 e. The summed E-state index contributed by atoms with van der Waals surface area (Å²) in [6.07, 6.45) is 0. The zero-order chi connectivity index (χ0) is 41.0. The van der Waals surface area contributed by atoms with Gasteiger partial charge in [0.25, 0.3) is 0 Å². The van der Waals surface area contributed by atoms with Crippen LogP contribution in [0, 0.1) is 0 Å². The number of hydrogen-bond donors (Lipinski definition) is 0. The van der Waals surface area contributed by atoms with E-state index in [-0.39, 0.29) is 0 Å². The minimum atomic E-state index is 1.06. The van der Waals surface area contributed by atoms with E-state index in [1.807, 2.05) is 11.3 Å². The Morgan fingerprint density at radius 1 is 0.306 bits per heavy atom. The van der Waals surface area contributed by atoms with E-state index in [0.29, 0.717) is 0 Å². The molecule has 2 heterocycles. The summed E-state index contributed by atoms with van der Waals surface area (Å²) in [5.74, 6) is 0. The number of thiophene rings is 1. The van der Waals surface area contributed by atoms with Crippen molar-refractivity contribution in [1.82, 2.24) is 4.57 Å². The van der Waals surface area contributed by atoms with Gasteiger partial charge in [0, 0.05) is 70.5 Å². The van der Waals surface area contributed by atoms with E-state index in [9.17, 15) is 0 Å². The molecule has 0 amide bonds. The number of hydrogen-bond acceptors (Lipinski definition) is 3. The van der Waals surface area contributed by atoms with Gasteiger partial charge in [-0.15, -0.1) is 11.3 Å². The van der Waals surface area contributed by atoms with Crippen LogP contribution in [0.4, 0.5) is 34.1 Å². The van der Waals surface area contributed by atoms with E-state index < -0.39 is 0 Å². The van der Waals surface area contributed by atoms with E-state index in [0.717, 1.165) is 50.9 Å². The topological polar surface area (TPSA) is 11.4 Å². The fourth-order valence-corrected chi connectivity index (χ4v) is 10.4. The summed E-state index contributed by atoms with van der Waals surface area (Å²) < 4.78 is 4.97. The maximum atomic E-state index is 2.42. The van der Waals surface area contributed by atoms with Crippen molar-refractivity contribution in [3.05, 3.63) is 237 Å². The molecule has 0 N–H and O–H groups in total. The van der Waals surface area contributed by atoms with Crippen LogP contribution >= 0.6 is 11.3 Å². The molecule has 12 aromatic rings. The number of rotatable bonds is 8. The molecule has 0 saturated carbocycles. The first kappa shape index (κ1) is 36.0. The van der Waals surface area contributed by atoms with Crippen molar-refractivity contribution in [1.29, 1.82) is 0 Å². The Labute approximate surface area is 364 Å². The molecule has 0 unspecified atom stereocenters. The molecule has 0 fully saturated rings. The Morgan fingerprint density at radius 2 is 0.903 bits per heavy atom. The predicted molar refractivity (Wildman–Crippen MR) is 266 cm³/mol. The maximum absolute atomic E-state index is 2.42. The maximum Gasteiger partial charge on any atom is 0.0541 e. The van der Waals surface area contributed by atoms with Gasteiger partial charge in [-0.3, -0.25) is 0 Å². The highest BCUT2D eigenvalue weighted by atomic mass is 32.1. The Balaban J connectivity index is 1.14. The number of benzene rings is 10. The molecule has 4 heteroatoms. The third kappa shape index (κ3) is 6.11. The third-order valence-corrected chi connectivity index (χ3v) is 13.2. The minimum absolute atomic E-state index is 1.06. The molecule has 0 saturated heterocycles. The van der Waals surface area contributed by atoms with Gasteiger partial charge in [0.15, 0.2) is 0 Å². The highest BCUT2D eigenvalue weighted by molar-refractivity contribution is 7.25. The average molecular weight is 810 g/mol. The van der Waals surface area contributed by atoms with Gasteiger partial charge in [-0.2, -0.15) is 0 Å². The average Bonchev–Trinajstić information content (AvgIpc) is 3.88. The van der Waals surface area contributed by atoms with Gasteiger partial charge in [0.05, 0.1) is 16.7 Å². The van der Waals surface area contributed by atoms with E-state index in [1.165, 1.54) is 52.8 Å². The number of fused-ring (bicyclic) bond motifs is 7. The minimum Gasteiger partial charge on any atom is -0.310 e. The molecule has 62 heavy (non-hydrogen) atoms. The molecule has 2 aromatic heterocycles. The zero-order valence-corrected chi connectivity index (χ0v) is 34.6. The van der Waals surface area contributed by atoms with Crippen LogP contribution in [0.3, 0.4) is 0 Å². The van der Waals surface area contributed by atoms with E-state index in [1.54, 1.807) is 0 Å². The van der Waals surface area contributed by atoms with Crippen molar-refractivity contribution >= 4 is 98.2 Å². The lowest BCUT2D eigenvalue weighted by Gasteiger charge is -2.31. The van der Waals surface area contributed by atoms with E-state index in [2.05, 4.69) is 251 Å². The summed E-state index contributed by atoms with van der Waals surface area (Å²) in [5, 5.41) is 7.39. The van der Waals surface area contributed by atoms with Crippen molar-refractivity contribution in [3.63, 3.8) is 0 Å². The van der Waals surface area contributed by atoms with Crippen LogP contribution in [0.25, 0.3) is 69.6 Å². The van der Waals surface area contributed by atoms with Crippen molar-refractivity contribution in [3.8, 4) is 16.8 Å². The van der Waals surface area contributed by atoms with Crippen molar-refractivity contribution in [2.45, 2.75) is 0 Å². The van der Waals surface area contributed by atoms with Gasteiger partial charge in [-0.05, 0) is 120 Å². The van der Waals surface area contributed by atoms with Gasteiger partial charge in [0.2, 0.25) is 0 Å². The SMILES string of the molecule is c1ccc(N(c2cc(-c3ccc4c(c3)c3ccccc3n4-c3ccccc3)cc(N(c3ccccc3)c3cccc4ccccc34)c2)c2ccc3sc4ccccc4c3c2)cc1. The first-order valence-electron chi connectivity index (χ1n) is 21.1. The Hall–Kier alpha value is -7.92. The van der Waals surface area contributed by atoms with Gasteiger partial charge >= 0.3 is 0 Å². The second-order valence-electron chi connectivity index (χ2n) is 15.8.